The van der Waals surface area contributed by atoms with Crippen LogP contribution in [0.2, 0.25) is 0 Å². The average molecular weight is 481 g/mol. The number of fused-ring (bicyclic) bond motifs is 1. The van der Waals surface area contributed by atoms with E-state index in [0.717, 1.165) is 15.6 Å². The van der Waals surface area contributed by atoms with Crippen molar-refractivity contribution in [3.63, 3.8) is 0 Å². The summed E-state index contributed by atoms with van der Waals surface area (Å²) in [4.78, 5) is 28.3. The zero-order chi connectivity index (χ0) is 22.0. The van der Waals surface area contributed by atoms with Crippen LogP contribution in [0, 0.1) is 0 Å². The minimum absolute atomic E-state index is 0.119. The molecule has 0 aliphatic carbocycles. The fourth-order valence-corrected chi connectivity index (χ4v) is 4.25. The number of benzene rings is 3. The van der Waals surface area contributed by atoms with Gasteiger partial charge in [0.15, 0.2) is 0 Å². The number of ether oxygens (including phenoxy) is 2. The largest absolute Gasteiger partial charge is 0.496 e. The number of hydrogen-bond acceptors (Lipinski definition) is 4. The van der Waals surface area contributed by atoms with E-state index >= 15 is 0 Å². The first-order valence-corrected chi connectivity index (χ1v) is 10.5. The summed E-state index contributed by atoms with van der Waals surface area (Å²) in [6, 6.07) is 20.0. The number of rotatable bonds is 4. The molecule has 6 nitrogen and oxygen atoms in total. The average Bonchev–Trinajstić information content (AvgIpc) is 2.94. The summed E-state index contributed by atoms with van der Waals surface area (Å²) in [5.74, 6) is 0.140. The molecule has 0 spiro atoms. The third-order valence-electron chi connectivity index (χ3n) is 5.23. The van der Waals surface area contributed by atoms with Crippen LogP contribution in [0.4, 0.5) is 5.69 Å². The summed E-state index contributed by atoms with van der Waals surface area (Å²) in [5.41, 5.74) is 2.65. The van der Waals surface area contributed by atoms with Crippen LogP contribution < -0.4 is 14.8 Å². The lowest BCUT2D eigenvalue weighted by Crippen LogP contribution is -2.39. The Hall–Kier alpha value is -3.32. The number of amides is 2. The minimum atomic E-state index is -0.491. The Morgan fingerprint density at radius 1 is 1.00 bits per heavy atom. The van der Waals surface area contributed by atoms with E-state index in [1.165, 1.54) is 14.2 Å². The summed E-state index contributed by atoms with van der Waals surface area (Å²) in [5, 5.41) is 2.93. The van der Waals surface area contributed by atoms with E-state index < -0.39 is 6.04 Å². The maximum atomic E-state index is 13.9. The maximum Gasteiger partial charge on any atom is 0.262 e. The molecule has 4 rings (SSSR count). The number of carbonyl (C=O) groups excluding carboxylic acids is 2. The molecule has 0 radical (unpaired) electrons. The number of nitrogens with zero attached hydrogens (tertiary/aromatic N) is 1. The first-order chi connectivity index (χ1) is 15.0. The van der Waals surface area contributed by atoms with Gasteiger partial charge >= 0.3 is 0 Å². The number of nitrogens with one attached hydrogen (secondary N) is 1. The molecule has 0 fully saturated rings. The van der Waals surface area contributed by atoms with Crippen molar-refractivity contribution in [2.24, 2.45) is 0 Å². The molecule has 1 unspecified atom stereocenters. The molecule has 3 aromatic carbocycles. The molecule has 0 saturated heterocycles. The van der Waals surface area contributed by atoms with Gasteiger partial charge in [-0.25, -0.2) is 0 Å². The van der Waals surface area contributed by atoms with Crippen molar-refractivity contribution in [1.82, 2.24) is 4.90 Å². The predicted octanol–water partition coefficient (Wildman–Crippen LogP) is 4.65. The van der Waals surface area contributed by atoms with Gasteiger partial charge in [-0.05, 0) is 35.9 Å². The van der Waals surface area contributed by atoms with E-state index in [1.54, 1.807) is 23.1 Å². The third-order valence-corrected chi connectivity index (χ3v) is 5.72. The Bertz CT molecular complexity index is 1110. The SMILES string of the molecule is COc1cccc(OC)c1C(=O)N1CC(=O)Nc2ccc(Br)cc2C1c1ccccc1. The van der Waals surface area contributed by atoms with Crippen LogP contribution in [0.5, 0.6) is 11.5 Å². The van der Waals surface area contributed by atoms with Crippen LogP contribution in [0.3, 0.4) is 0 Å². The highest BCUT2D eigenvalue weighted by Crippen LogP contribution is 2.40. The van der Waals surface area contributed by atoms with Gasteiger partial charge in [-0.2, -0.15) is 0 Å². The van der Waals surface area contributed by atoms with Gasteiger partial charge < -0.3 is 19.7 Å². The standard InChI is InChI=1S/C24H21BrN2O4/c1-30-19-9-6-10-20(31-2)22(19)24(29)27-14-21(28)26-18-12-11-16(25)13-17(18)23(27)15-7-4-3-5-8-15/h3-13,23H,14H2,1-2H3,(H,26,28). The molecule has 1 N–H and O–H groups in total. The molecule has 1 aliphatic rings. The summed E-state index contributed by atoms with van der Waals surface area (Å²) in [7, 11) is 3.00. The Morgan fingerprint density at radius 2 is 1.68 bits per heavy atom. The zero-order valence-corrected chi connectivity index (χ0v) is 18.7. The van der Waals surface area contributed by atoms with Crippen molar-refractivity contribution in [1.29, 1.82) is 0 Å². The highest BCUT2D eigenvalue weighted by molar-refractivity contribution is 9.10. The highest BCUT2D eigenvalue weighted by atomic mass is 79.9. The van der Waals surface area contributed by atoms with Gasteiger partial charge in [0.1, 0.15) is 23.6 Å². The molecule has 0 aromatic heterocycles. The van der Waals surface area contributed by atoms with Crippen molar-refractivity contribution < 1.29 is 19.1 Å². The third kappa shape index (κ3) is 4.01. The molecule has 1 aliphatic heterocycles. The van der Waals surface area contributed by atoms with Gasteiger partial charge in [0.2, 0.25) is 5.91 Å². The van der Waals surface area contributed by atoms with Crippen LogP contribution >= 0.6 is 15.9 Å². The van der Waals surface area contributed by atoms with E-state index in [4.69, 9.17) is 9.47 Å². The summed E-state index contributed by atoms with van der Waals surface area (Å²) >= 11 is 3.52. The Kier molecular flexibility index (Phi) is 5.95. The quantitative estimate of drug-likeness (QED) is 0.589. The Labute approximate surface area is 188 Å². The summed E-state index contributed by atoms with van der Waals surface area (Å²) < 4.78 is 11.8. The second-order valence-electron chi connectivity index (χ2n) is 7.06. The molecule has 0 bridgehead atoms. The molecule has 158 valence electrons. The van der Waals surface area contributed by atoms with Crippen LogP contribution in [-0.2, 0) is 4.79 Å². The maximum absolute atomic E-state index is 13.9. The van der Waals surface area contributed by atoms with Gasteiger partial charge in [0.25, 0.3) is 5.91 Å². The number of halogens is 1. The van der Waals surface area contributed by atoms with E-state index in [2.05, 4.69) is 21.2 Å². The van der Waals surface area contributed by atoms with Gasteiger partial charge in [-0.3, -0.25) is 9.59 Å². The molecule has 2 amide bonds. The van der Waals surface area contributed by atoms with Gasteiger partial charge in [0, 0.05) is 15.7 Å². The van der Waals surface area contributed by atoms with Crippen LogP contribution in [0.1, 0.15) is 27.5 Å². The van der Waals surface area contributed by atoms with E-state index in [1.807, 2.05) is 48.5 Å². The molecule has 1 heterocycles. The lowest BCUT2D eigenvalue weighted by atomic mass is 9.95. The van der Waals surface area contributed by atoms with Crippen LogP contribution in [-0.4, -0.2) is 37.5 Å². The lowest BCUT2D eigenvalue weighted by Gasteiger charge is -2.31. The second kappa shape index (κ2) is 8.81. The minimum Gasteiger partial charge on any atom is -0.496 e. The normalized spacial score (nSPS) is 15.5. The molecule has 0 saturated carbocycles. The van der Waals surface area contributed by atoms with Crippen molar-refractivity contribution in [2.45, 2.75) is 6.04 Å². The van der Waals surface area contributed by atoms with Crippen molar-refractivity contribution in [3.05, 3.63) is 87.9 Å². The fraction of sp³-hybridized carbons (Fsp3) is 0.167. The van der Waals surface area contributed by atoms with Gasteiger partial charge in [-0.15, -0.1) is 0 Å². The van der Waals surface area contributed by atoms with Crippen molar-refractivity contribution >= 4 is 33.4 Å². The van der Waals surface area contributed by atoms with Crippen LogP contribution in [0.25, 0.3) is 0 Å². The molecular weight excluding hydrogens is 460 g/mol. The van der Waals surface area contributed by atoms with E-state index in [0.29, 0.717) is 17.2 Å². The molecule has 31 heavy (non-hydrogen) atoms. The number of carbonyl (C=O) groups is 2. The predicted molar refractivity (Wildman–Crippen MR) is 122 cm³/mol. The molecule has 7 heteroatoms. The van der Waals surface area contributed by atoms with Gasteiger partial charge in [-0.1, -0.05) is 52.3 Å². The Balaban J connectivity index is 1.93. The van der Waals surface area contributed by atoms with E-state index in [9.17, 15) is 9.59 Å². The van der Waals surface area contributed by atoms with Crippen molar-refractivity contribution in [3.8, 4) is 11.5 Å². The fourth-order valence-electron chi connectivity index (χ4n) is 3.87. The monoisotopic (exact) mass is 480 g/mol. The summed E-state index contributed by atoms with van der Waals surface area (Å²) in [6.45, 7) is -0.119. The molecule has 3 aromatic rings. The number of anilines is 1. The topological polar surface area (TPSA) is 67.9 Å². The first-order valence-electron chi connectivity index (χ1n) is 9.69. The second-order valence-corrected chi connectivity index (χ2v) is 7.98. The van der Waals surface area contributed by atoms with E-state index in [-0.39, 0.29) is 23.9 Å². The van der Waals surface area contributed by atoms with Gasteiger partial charge in [0.05, 0.1) is 20.3 Å². The number of methoxy groups -OCH3 is 2. The highest BCUT2D eigenvalue weighted by Gasteiger charge is 2.36. The lowest BCUT2D eigenvalue weighted by molar-refractivity contribution is -0.117. The van der Waals surface area contributed by atoms with Crippen molar-refractivity contribution in [2.75, 3.05) is 26.1 Å². The summed E-state index contributed by atoms with van der Waals surface area (Å²) in [6.07, 6.45) is 0. The Morgan fingerprint density at radius 3 is 2.32 bits per heavy atom. The molecular formula is C24H21BrN2O4. The number of hydrogen-bond donors (Lipinski definition) is 1. The molecule has 1 atom stereocenters. The van der Waals surface area contributed by atoms with Crippen LogP contribution in [0.15, 0.2) is 71.2 Å². The first kappa shape index (κ1) is 20.9. The zero-order valence-electron chi connectivity index (χ0n) is 17.1. The smallest absolute Gasteiger partial charge is 0.262 e.